The largest absolute Gasteiger partial charge is 0.292 e. The molecular weight excluding hydrogens is 280 g/mol. The van der Waals surface area contributed by atoms with Gasteiger partial charge in [-0.1, -0.05) is 20.8 Å². The first-order chi connectivity index (χ1) is 6.38. The quantitative estimate of drug-likeness (QED) is 0.776. The van der Waals surface area contributed by atoms with Crippen LogP contribution >= 0.6 is 39.0 Å². The summed E-state index contributed by atoms with van der Waals surface area (Å²) in [5, 5.41) is 0. The van der Waals surface area contributed by atoms with E-state index in [9.17, 15) is 4.79 Å². The molecule has 1 rings (SSSR count). The Labute approximate surface area is 101 Å². The number of halogens is 1. The molecule has 1 heterocycles. The van der Waals surface area contributed by atoms with E-state index in [4.69, 9.17) is 0 Å². The van der Waals surface area contributed by atoms with Crippen molar-refractivity contribution in [3.63, 3.8) is 0 Å². The number of ketones is 1. The lowest BCUT2D eigenvalue weighted by Gasteiger charge is -2.16. The lowest BCUT2D eigenvalue weighted by atomic mass is 10.3. The summed E-state index contributed by atoms with van der Waals surface area (Å²) in [5.74, 6) is 0.789. The van der Waals surface area contributed by atoms with Crippen molar-refractivity contribution in [3.8, 4) is 0 Å². The molecule has 0 unspecified atom stereocenters. The Hall–Kier alpha value is 0.200. The second-order valence-corrected chi connectivity index (χ2v) is 8.19. The third kappa shape index (κ3) is 4.15. The zero-order valence-corrected chi connectivity index (χ0v) is 11.7. The molecule has 0 bridgehead atoms. The standard InChI is InChI=1S/C10H13BrOS2/c1-10(2,3)13-6-7(12)8-4-5-9(11)14-8/h4-5H,6H2,1-3H3. The highest BCUT2D eigenvalue weighted by molar-refractivity contribution is 9.11. The minimum atomic E-state index is 0.157. The number of carbonyl (C=O) groups is 1. The van der Waals surface area contributed by atoms with E-state index in [1.165, 1.54) is 11.3 Å². The molecule has 1 nitrogen and oxygen atoms in total. The molecule has 0 fully saturated rings. The zero-order valence-electron chi connectivity index (χ0n) is 8.46. The topological polar surface area (TPSA) is 17.1 Å². The molecule has 1 aromatic rings. The Balaban J connectivity index is 2.52. The summed E-state index contributed by atoms with van der Waals surface area (Å²) in [6.45, 7) is 6.36. The van der Waals surface area contributed by atoms with Crippen LogP contribution in [0.15, 0.2) is 15.9 Å². The van der Waals surface area contributed by atoms with Gasteiger partial charge in [0.2, 0.25) is 0 Å². The average Bonchev–Trinajstić information content (AvgIpc) is 2.46. The van der Waals surface area contributed by atoms with Gasteiger partial charge in [0.15, 0.2) is 5.78 Å². The number of carbonyl (C=O) groups excluding carboxylic acids is 1. The second kappa shape index (κ2) is 4.81. The molecule has 0 saturated carbocycles. The fraction of sp³-hybridized carbons (Fsp3) is 0.500. The maximum absolute atomic E-state index is 11.7. The Kier molecular flexibility index (Phi) is 4.22. The van der Waals surface area contributed by atoms with Crippen molar-refractivity contribution < 1.29 is 4.79 Å². The van der Waals surface area contributed by atoms with Crippen LogP contribution in [-0.2, 0) is 0 Å². The molecule has 0 radical (unpaired) electrons. The summed E-state index contributed by atoms with van der Waals surface area (Å²) in [6.07, 6.45) is 0. The molecule has 0 aliphatic heterocycles. The van der Waals surface area contributed by atoms with Gasteiger partial charge in [-0.2, -0.15) is 0 Å². The predicted molar refractivity (Wildman–Crippen MR) is 68.6 cm³/mol. The van der Waals surface area contributed by atoms with E-state index in [1.807, 2.05) is 12.1 Å². The smallest absolute Gasteiger partial charge is 0.182 e. The summed E-state index contributed by atoms with van der Waals surface area (Å²) < 4.78 is 1.17. The van der Waals surface area contributed by atoms with Crippen LogP contribution in [0.3, 0.4) is 0 Å². The summed E-state index contributed by atoms with van der Waals surface area (Å²) in [4.78, 5) is 12.5. The Morgan fingerprint density at radius 2 is 2.14 bits per heavy atom. The highest BCUT2D eigenvalue weighted by atomic mass is 79.9. The minimum absolute atomic E-state index is 0.157. The van der Waals surface area contributed by atoms with Crippen molar-refractivity contribution in [1.29, 1.82) is 0 Å². The molecule has 78 valence electrons. The van der Waals surface area contributed by atoms with Gasteiger partial charge in [0, 0.05) is 4.75 Å². The molecule has 1 aromatic heterocycles. The number of thiophene rings is 1. The first-order valence-electron chi connectivity index (χ1n) is 4.31. The number of rotatable bonds is 3. The van der Waals surface area contributed by atoms with Crippen LogP contribution in [0.2, 0.25) is 0 Å². The SMILES string of the molecule is CC(C)(C)SCC(=O)c1ccc(Br)s1. The van der Waals surface area contributed by atoms with E-state index in [0.717, 1.165) is 8.66 Å². The summed E-state index contributed by atoms with van der Waals surface area (Å²) in [5.41, 5.74) is 0. The van der Waals surface area contributed by atoms with E-state index in [0.29, 0.717) is 5.75 Å². The number of hydrogen-bond acceptors (Lipinski definition) is 3. The monoisotopic (exact) mass is 292 g/mol. The summed E-state index contributed by atoms with van der Waals surface area (Å²) in [7, 11) is 0. The van der Waals surface area contributed by atoms with Gasteiger partial charge in [-0.25, -0.2) is 0 Å². The highest BCUT2D eigenvalue weighted by Crippen LogP contribution is 2.27. The van der Waals surface area contributed by atoms with E-state index >= 15 is 0 Å². The molecule has 0 atom stereocenters. The maximum Gasteiger partial charge on any atom is 0.182 e. The van der Waals surface area contributed by atoms with Gasteiger partial charge >= 0.3 is 0 Å². The van der Waals surface area contributed by atoms with Crippen molar-refractivity contribution >= 4 is 44.8 Å². The third-order valence-corrected chi connectivity index (χ3v) is 4.42. The molecule has 0 N–H and O–H groups in total. The van der Waals surface area contributed by atoms with Crippen molar-refractivity contribution in [3.05, 3.63) is 20.8 Å². The molecule has 0 amide bonds. The molecule has 0 spiro atoms. The van der Waals surface area contributed by atoms with E-state index in [-0.39, 0.29) is 10.5 Å². The second-order valence-electron chi connectivity index (χ2n) is 3.93. The van der Waals surface area contributed by atoms with Gasteiger partial charge in [-0.3, -0.25) is 4.79 Å². The highest BCUT2D eigenvalue weighted by Gasteiger charge is 2.15. The maximum atomic E-state index is 11.7. The van der Waals surface area contributed by atoms with Gasteiger partial charge in [-0.05, 0) is 28.1 Å². The molecular formula is C10H13BrOS2. The normalized spacial score (nSPS) is 11.7. The van der Waals surface area contributed by atoms with Crippen molar-refractivity contribution in [2.24, 2.45) is 0 Å². The van der Waals surface area contributed by atoms with Gasteiger partial charge in [-0.15, -0.1) is 23.1 Å². The molecule has 0 saturated heterocycles. The average molecular weight is 293 g/mol. The predicted octanol–water partition coefficient (Wildman–Crippen LogP) is 4.23. The summed E-state index contributed by atoms with van der Waals surface area (Å²) in [6, 6.07) is 3.79. The van der Waals surface area contributed by atoms with Crippen molar-refractivity contribution in [2.75, 3.05) is 5.75 Å². The molecule has 14 heavy (non-hydrogen) atoms. The van der Waals surface area contributed by atoms with E-state index in [2.05, 4.69) is 36.7 Å². The summed E-state index contributed by atoms with van der Waals surface area (Å²) >= 11 is 6.54. The van der Waals surface area contributed by atoms with Crippen LogP contribution in [0.5, 0.6) is 0 Å². The van der Waals surface area contributed by atoms with Crippen LogP contribution in [0.4, 0.5) is 0 Å². The Morgan fingerprint density at radius 3 is 2.57 bits per heavy atom. The van der Waals surface area contributed by atoms with Crippen LogP contribution in [0.25, 0.3) is 0 Å². The number of thioether (sulfide) groups is 1. The van der Waals surface area contributed by atoms with E-state index in [1.54, 1.807) is 11.8 Å². The fourth-order valence-electron chi connectivity index (χ4n) is 0.817. The lowest BCUT2D eigenvalue weighted by molar-refractivity contribution is 0.102. The van der Waals surface area contributed by atoms with Gasteiger partial charge < -0.3 is 0 Å². The molecule has 0 aliphatic rings. The molecule has 4 heteroatoms. The first-order valence-corrected chi connectivity index (χ1v) is 6.90. The molecule has 0 aromatic carbocycles. The van der Waals surface area contributed by atoms with Crippen LogP contribution in [-0.4, -0.2) is 16.3 Å². The zero-order chi connectivity index (χ0) is 10.8. The van der Waals surface area contributed by atoms with Crippen LogP contribution < -0.4 is 0 Å². The van der Waals surface area contributed by atoms with Gasteiger partial charge in [0.25, 0.3) is 0 Å². The number of hydrogen-bond donors (Lipinski definition) is 0. The van der Waals surface area contributed by atoms with Gasteiger partial charge in [0.05, 0.1) is 14.4 Å². The third-order valence-electron chi connectivity index (χ3n) is 1.48. The van der Waals surface area contributed by atoms with Crippen molar-refractivity contribution in [1.82, 2.24) is 0 Å². The van der Waals surface area contributed by atoms with Crippen LogP contribution in [0, 0.1) is 0 Å². The minimum Gasteiger partial charge on any atom is -0.292 e. The lowest BCUT2D eigenvalue weighted by Crippen LogP contribution is -2.12. The fourth-order valence-corrected chi connectivity index (χ4v) is 2.95. The van der Waals surface area contributed by atoms with Crippen molar-refractivity contribution in [2.45, 2.75) is 25.5 Å². The first kappa shape index (κ1) is 12.3. The Morgan fingerprint density at radius 1 is 1.50 bits per heavy atom. The van der Waals surface area contributed by atoms with Gasteiger partial charge in [0.1, 0.15) is 0 Å². The van der Waals surface area contributed by atoms with E-state index < -0.39 is 0 Å². The molecule has 0 aliphatic carbocycles. The Bertz CT molecular complexity index is 325. The van der Waals surface area contributed by atoms with Crippen LogP contribution in [0.1, 0.15) is 30.4 Å². The number of Topliss-reactive ketones (excluding diaryl/α,β-unsaturated/α-hetero) is 1.